The highest BCUT2D eigenvalue weighted by atomic mass is 16.6. The number of alkyl carbamates (subject to hydrolysis) is 1. The Morgan fingerprint density at radius 3 is 2.14 bits per heavy atom. The van der Waals surface area contributed by atoms with Gasteiger partial charge in [-0.05, 0) is 72.7 Å². The summed E-state index contributed by atoms with van der Waals surface area (Å²) in [6.45, 7) is 12.8. The minimum atomic E-state index is -0.848. The Morgan fingerprint density at radius 1 is 1.07 bits per heavy atom. The lowest BCUT2D eigenvalue weighted by atomic mass is 9.84. The van der Waals surface area contributed by atoms with E-state index in [1.54, 1.807) is 65.8 Å². The van der Waals surface area contributed by atoms with E-state index in [0.717, 1.165) is 0 Å². The largest absolute Gasteiger partial charge is 0.491 e. The maximum absolute atomic E-state index is 12.7. The second-order valence-corrected chi connectivity index (χ2v) is 8.41. The summed E-state index contributed by atoms with van der Waals surface area (Å²) in [5.74, 6) is 0.423. The third-order valence-corrected chi connectivity index (χ3v) is 4.26. The van der Waals surface area contributed by atoms with Crippen LogP contribution in [0.2, 0.25) is 0 Å². The molecule has 28 heavy (non-hydrogen) atoms. The van der Waals surface area contributed by atoms with Crippen LogP contribution < -0.4 is 15.4 Å². The van der Waals surface area contributed by atoms with Crippen LogP contribution in [0.25, 0.3) is 0 Å². The lowest BCUT2D eigenvalue weighted by molar-refractivity contribution is -0.131. The van der Waals surface area contributed by atoms with Crippen molar-refractivity contribution in [3.63, 3.8) is 0 Å². The predicted octanol–water partition coefficient (Wildman–Crippen LogP) is 3.38. The zero-order chi connectivity index (χ0) is 21.5. The number of nitrogens with one attached hydrogen (secondary N) is 2. The number of rotatable bonds is 7. The van der Waals surface area contributed by atoms with Crippen molar-refractivity contribution in [3.8, 4) is 11.8 Å². The topological polar surface area (TPSA) is 100 Å². The zero-order valence-electron chi connectivity index (χ0n) is 17.8. The van der Waals surface area contributed by atoms with Crippen LogP contribution in [0.5, 0.6) is 5.75 Å². The van der Waals surface area contributed by atoms with Gasteiger partial charge in [-0.2, -0.15) is 5.26 Å². The van der Waals surface area contributed by atoms with Gasteiger partial charge < -0.3 is 20.1 Å². The van der Waals surface area contributed by atoms with Crippen LogP contribution in [0.1, 0.15) is 54.0 Å². The molecule has 0 aliphatic rings. The quantitative estimate of drug-likeness (QED) is 0.744. The van der Waals surface area contributed by atoms with Gasteiger partial charge in [0.1, 0.15) is 18.0 Å². The van der Waals surface area contributed by atoms with Crippen molar-refractivity contribution in [2.75, 3.05) is 6.61 Å². The maximum atomic E-state index is 12.7. The molecule has 0 spiro atoms. The van der Waals surface area contributed by atoms with E-state index in [-0.39, 0.29) is 18.6 Å². The molecular formula is C21H31N3O4. The molecule has 0 aliphatic carbocycles. The molecule has 2 unspecified atom stereocenters. The standard InChI is InChI=1S/C21H31N3O4/c1-14(13-27-17-10-8-16(12-22)9-11-17)23-18(25)21(6,7)15(2)24-19(26)28-20(3,4)5/h8-11,14-15H,13H2,1-7H3,(H,23,25)(H,24,26). The lowest BCUT2D eigenvalue weighted by Crippen LogP contribution is -2.54. The Kier molecular flexibility index (Phi) is 7.86. The molecule has 2 amide bonds. The van der Waals surface area contributed by atoms with Gasteiger partial charge in [0.15, 0.2) is 0 Å². The summed E-state index contributed by atoms with van der Waals surface area (Å²) >= 11 is 0. The summed E-state index contributed by atoms with van der Waals surface area (Å²) in [5, 5.41) is 14.4. The number of benzene rings is 1. The lowest BCUT2D eigenvalue weighted by Gasteiger charge is -2.33. The van der Waals surface area contributed by atoms with E-state index in [9.17, 15) is 9.59 Å². The van der Waals surface area contributed by atoms with E-state index in [1.165, 1.54) is 0 Å². The zero-order valence-corrected chi connectivity index (χ0v) is 17.8. The van der Waals surface area contributed by atoms with E-state index in [1.807, 2.05) is 13.0 Å². The van der Waals surface area contributed by atoms with Crippen LogP contribution >= 0.6 is 0 Å². The monoisotopic (exact) mass is 389 g/mol. The van der Waals surface area contributed by atoms with Gasteiger partial charge in [0.2, 0.25) is 5.91 Å². The molecule has 7 nitrogen and oxygen atoms in total. The molecule has 0 radical (unpaired) electrons. The molecule has 1 rings (SSSR count). The van der Waals surface area contributed by atoms with E-state index in [2.05, 4.69) is 10.6 Å². The number of hydrogen-bond acceptors (Lipinski definition) is 5. The molecule has 0 aromatic heterocycles. The van der Waals surface area contributed by atoms with Crippen molar-refractivity contribution in [2.45, 2.75) is 66.2 Å². The second-order valence-electron chi connectivity index (χ2n) is 8.41. The molecule has 0 saturated heterocycles. The van der Waals surface area contributed by atoms with Gasteiger partial charge in [-0.15, -0.1) is 0 Å². The minimum absolute atomic E-state index is 0.202. The number of amides is 2. The highest BCUT2D eigenvalue weighted by Crippen LogP contribution is 2.22. The fourth-order valence-corrected chi connectivity index (χ4v) is 2.16. The van der Waals surface area contributed by atoms with Gasteiger partial charge in [-0.3, -0.25) is 4.79 Å². The van der Waals surface area contributed by atoms with Crippen LogP contribution in [-0.4, -0.2) is 36.3 Å². The normalized spacial score (nSPS) is 13.6. The van der Waals surface area contributed by atoms with Crippen molar-refractivity contribution >= 4 is 12.0 Å². The highest BCUT2D eigenvalue weighted by molar-refractivity contribution is 5.83. The van der Waals surface area contributed by atoms with Gasteiger partial charge in [0.05, 0.1) is 23.1 Å². The Balaban J connectivity index is 2.55. The number of nitrogens with zero attached hydrogens (tertiary/aromatic N) is 1. The Hall–Kier alpha value is -2.75. The predicted molar refractivity (Wildman–Crippen MR) is 107 cm³/mol. The third-order valence-electron chi connectivity index (χ3n) is 4.26. The van der Waals surface area contributed by atoms with Crippen molar-refractivity contribution < 1.29 is 19.1 Å². The summed E-state index contributed by atoms with van der Waals surface area (Å²) in [6, 6.07) is 8.14. The smallest absolute Gasteiger partial charge is 0.407 e. The highest BCUT2D eigenvalue weighted by Gasteiger charge is 2.36. The molecule has 2 N–H and O–H groups in total. The van der Waals surface area contributed by atoms with E-state index < -0.39 is 23.2 Å². The Morgan fingerprint density at radius 2 is 1.64 bits per heavy atom. The summed E-state index contributed by atoms with van der Waals surface area (Å²) in [4.78, 5) is 24.6. The van der Waals surface area contributed by atoms with Crippen LogP contribution in [0, 0.1) is 16.7 Å². The minimum Gasteiger partial charge on any atom is -0.491 e. The van der Waals surface area contributed by atoms with Gasteiger partial charge in [-0.25, -0.2) is 4.79 Å². The van der Waals surface area contributed by atoms with Crippen LogP contribution in [0.3, 0.4) is 0 Å². The molecular weight excluding hydrogens is 358 g/mol. The Bertz CT molecular complexity index is 715. The molecule has 1 aromatic carbocycles. The first-order valence-electron chi connectivity index (χ1n) is 9.28. The molecule has 0 bridgehead atoms. The summed E-state index contributed by atoms with van der Waals surface area (Å²) in [7, 11) is 0. The average molecular weight is 389 g/mol. The van der Waals surface area contributed by atoms with Crippen LogP contribution in [0.15, 0.2) is 24.3 Å². The summed E-state index contributed by atoms with van der Waals surface area (Å²) in [6.07, 6.45) is -0.557. The number of carbonyl (C=O) groups is 2. The molecule has 0 fully saturated rings. The molecule has 0 heterocycles. The fourth-order valence-electron chi connectivity index (χ4n) is 2.16. The molecule has 1 aromatic rings. The number of hydrogen-bond donors (Lipinski definition) is 2. The molecule has 0 saturated carbocycles. The van der Waals surface area contributed by atoms with Crippen molar-refractivity contribution in [1.29, 1.82) is 5.26 Å². The van der Waals surface area contributed by atoms with E-state index in [4.69, 9.17) is 14.7 Å². The van der Waals surface area contributed by atoms with Crippen molar-refractivity contribution in [3.05, 3.63) is 29.8 Å². The van der Waals surface area contributed by atoms with E-state index >= 15 is 0 Å². The van der Waals surface area contributed by atoms with Crippen molar-refractivity contribution in [2.24, 2.45) is 5.41 Å². The first-order valence-corrected chi connectivity index (χ1v) is 9.28. The SMILES string of the molecule is CC(COc1ccc(C#N)cc1)NC(=O)C(C)(C)C(C)NC(=O)OC(C)(C)C. The number of nitriles is 1. The van der Waals surface area contributed by atoms with Crippen LogP contribution in [-0.2, 0) is 9.53 Å². The number of ether oxygens (including phenoxy) is 2. The van der Waals surface area contributed by atoms with E-state index in [0.29, 0.717) is 11.3 Å². The Labute approximate surface area is 167 Å². The molecule has 0 aliphatic heterocycles. The van der Waals surface area contributed by atoms with Crippen molar-refractivity contribution in [1.82, 2.24) is 10.6 Å². The molecule has 2 atom stereocenters. The summed E-state index contributed by atoms with van der Waals surface area (Å²) in [5.41, 5.74) is -0.894. The van der Waals surface area contributed by atoms with Gasteiger partial charge in [0.25, 0.3) is 0 Å². The first-order chi connectivity index (χ1) is 12.8. The van der Waals surface area contributed by atoms with Gasteiger partial charge >= 0.3 is 6.09 Å². The fraction of sp³-hybridized carbons (Fsp3) is 0.571. The van der Waals surface area contributed by atoms with Crippen LogP contribution in [0.4, 0.5) is 4.79 Å². The van der Waals surface area contributed by atoms with Gasteiger partial charge in [0, 0.05) is 6.04 Å². The third kappa shape index (κ3) is 7.47. The summed E-state index contributed by atoms with van der Waals surface area (Å²) < 4.78 is 10.9. The molecule has 7 heteroatoms. The second kappa shape index (κ2) is 9.45. The average Bonchev–Trinajstić information content (AvgIpc) is 2.58. The number of carbonyl (C=O) groups excluding carboxylic acids is 2. The first kappa shape index (κ1) is 23.3. The molecule has 154 valence electrons. The van der Waals surface area contributed by atoms with Gasteiger partial charge in [-0.1, -0.05) is 0 Å². The maximum Gasteiger partial charge on any atom is 0.407 e.